The van der Waals surface area contributed by atoms with Gasteiger partial charge in [-0.25, -0.2) is 0 Å². The molecule has 0 atom stereocenters. The zero-order chi connectivity index (χ0) is 18.8. The Morgan fingerprint density at radius 1 is 0.880 bits per heavy atom. The molecule has 0 aliphatic heterocycles. The molecule has 144 valence electrons. The number of hydrogen-bond donors (Lipinski definition) is 0. The van der Waals surface area contributed by atoms with Crippen LogP contribution in [0.2, 0.25) is 3.43 Å². The second-order valence-electron chi connectivity index (χ2n) is 7.38. The summed E-state index contributed by atoms with van der Waals surface area (Å²) in [6.07, 6.45) is 13.4. The van der Waals surface area contributed by atoms with Crippen molar-refractivity contribution in [2.75, 3.05) is 12.3 Å². The third kappa shape index (κ3) is 7.09. The number of furan rings is 1. The number of rotatable bonds is 14. The van der Waals surface area contributed by atoms with Crippen LogP contribution in [0.5, 0.6) is 0 Å². The Hall–Kier alpha value is 0.309. The molecular weight excluding hydrogens is 434 g/mol. The molecule has 0 saturated heterocycles. The van der Waals surface area contributed by atoms with Crippen LogP contribution in [0.1, 0.15) is 92.4 Å². The summed E-state index contributed by atoms with van der Waals surface area (Å²) in [5.74, 6) is 0. The summed E-state index contributed by atoms with van der Waals surface area (Å²) < 4.78 is 21.0. The van der Waals surface area contributed by atoms with Gasteiger partial charge in [-0.15, -0.1) is 0 Å². The van der Waals surface area contributed by atoms with Crippen LogP contribution in [-0.2, 0) is 4.57 Å². The van der Waals surface area contributed by atoms with Crippen LogP contribution in [0.25, 0.3) is 0 Å². The summed E-state index contributed by atoms with van der Waals surface area (Å²) in [5, 5.41) is 0. The Balaban J connectivity index is 3.02. The van der Waals surface area contributed by atoms with Crippen molar-refractivity contribution in [3.8, 4) is 0 Å². The normalized spacial score (nSPS) is 12.7. The third-order valence-corrected chi connectivity index (χ3v) is 13.6. The molecule has 0 fully saturated rings. The molecule has 0 aliphatic carbocycles. The molecule has 0 aromatic carbocycles. The fourth-order valence-corrected chi connectivity index (χ4v) is 10.5. The van der Waals surface area contributed by atoms with Crippen molar-refractivity contribution in [1.29, 1.82) is 0 Å². The maximum absolute atomic E-state index is 13.0. The van der Waals surface area contributed by atoms with Gasteiger partial charge in [0, 0.05) is 0 Å². The molecule has 0 unspecified atom stereocenters. The minimum absolute atomic E-state index is 0.531. The Morgan fingerprint density at radius 3 is 1.76 bits per heavy atom. The van der Waals surface area contributed by atoms with E-state index in [0.717, 1.165) is 5.50 Å². The van der Waals surface area contributed by atoms with Crippen molar-refractivity contribution in [2.45, 2.75) is 95.8 Å². The van der Waals surface area contributed by atoms with E-state index in [0.29, 0.717) is 15.8 Å². The van der Waals surface area contributed by atoms with E-state index in [9.17, 15) is 4.57 Å². The molecule has 0 saturated carbocycles. The van der Waals surface area contributed by atoms with Gasteiger partial charge in [-0.3, -0.25) is 0 Å². The van der Waals surface area contributed by atoms with Crippen molar-refractivity contribution >= 4 is 37.6 Å². The van der Waals surface area contributed by atoms with E-state index in [1.54, 1.807) is 0 Å². The molecule has 1 aromatic rings. The summed E-state index contributed by atoms with van der Waals surface area (Å²) in [6, 6.07) is 4.21. The van der Waals surface area contributed by atoms with Crippen molar-refractivity contribution < 1.29 is 8.98 Å². The predicted molar refractivity (Wildman–Crippen MR) is 114 cm³/mol. The van der Waals surface area contributed by atoms with E-state index in [1.165, 1.54) is 61.6 Å². The summed E-state index contributed by atoms with van der Waals surface area (Å²) in [7, 11) is -2.28. The first-order valence-electron chi connectivity index (χ1n) is 10.5. The summed E-state index contributed by atoms with van der Waals surface area (Å²) in [6.45, 7) is 11.0. The van der Waals surface area contributed by atoms with Crippen molar-refractivity contribution in [3.63, 3.8) is 0 Å². The molecule has 0 N–H and O–H groups in total. The van der Waals surface area contributed by atoms with Gasteiger partial charge in [-0.2, -0.15) is 0 Å². The Bertz CT molecular complexity index is 494. The van der Waals surface area contributed by atoms with Gasteiger partial charge >= 0.3 is 167 Å². The Labute approximate surface area is 166 Å². The molecule has 0 amide bonds. The Morgan fingerprint density at radius 2 is 1.36 bits per heavy atom. The van der Waals surface area contributed by atoms with Crippen LogP contribution in [-0.4, -0.2) is 33.5 Å². The molecule has 1 aromatic heterocycles. The molecule has 2 radical (unpaired) electrons. The SMILES string of the molecule is CCCC[C](CCCC)(CCCC)[Sn][c]1ccc(P(=O)(CC)CC)o1. The van der Waals surface area contributed by atoms with E-state index in [-0.39, 0.29) is 0 Å². The zero-order valence-electron chi connectivity index (χ0n) is 17.2. The number of unbranched alkanes of at least 4 members (excludes halogenated alkanes) is 3. The predicted octanol–water partition coefficient (Wildman–Crippen LogP) is 6.37. The van der Waals surface area contributed by atoms with Crippen molar-refractivity contribution in [2.24, 2.45) is 0 Å². The average molecular weight is 473 g/mol. The van der Waals surface area contributed by atoms with Gasteiger partial charge in [-0.1, -0.05) is 0 Å². The van der Waals surface area contributed by atoms with E-state index >= 15 is 0 Å². The van der Waals surface area contributed by atoms with Gasteiger partial charge in [0.2, 0.25) is 0 Å². The van der Waals surface area contributed by atoms with Gasteiger partial charge < -0.3 is 0 Å². The van der Waals surface area contributed by atoms with E-state index in [4.69, 9.17) is 4.42 Å². The van der Waals surface area contributed by atoms with Gasteiger partial charge in [0.05, 0.1) is 0 Å². The van der Waals surface area contributed by atoms with E-state index < -0.39 is 28.3 Å². The third-order valence-electron chi connectivity index (χ3n) is 5.43. The van der Waals surface area contributed by atoms with Crippen LogP contribution in [0.4, 0.5) is 0 Å². The zero-order valence-corrected chi connectivity index (χ0v) is 20.9. The molecule has 1 rings (SSSR count). The second-order valence-corrected chi connectivity index (χ2v) is 16.0. The first-order chi connectivity index (χ1) is 12.0. The standard InChI is InChI=1S/C13H27.C8H12O2P.Sn/c1-4-7-10-13(11-8-5-2)12-9-6-3;1-3-11(9,4-2)8-6-5-7-10-8;/h4-12H2,1-3H3;5-6H,3-4H2,1-2H3;. The minimum atomic E-state index is -2.28. The molecule has 2 nitrogen and oxygen atoms in total. The molecule has 25 heavy (non-hydrogen) atoms. The molecule has 0 spiro atoms. The summed E-state index contributed by atoms with van der Waals surface area (Å²) in [4.78, 5) is 0. The van der Waals surface area contributed by atoms with Gasteiger partial charge in [0.25, 0.3) is 0 Å². The quantitative estimate of drug-likeness (QED) is 0.232. The number of hydrogen-bond acceptors (Lipinski definition) is 2. The van der Waals surface area contributed by atoms with Gasteiger partial charge in [0.15, 0.2) is 0 Å². The fraction of sp³-hybridized carbons (Fsp3) is 0.810. The summed E-state index contributed by atoms with van der Waals surface area (Å²) in [5.41, 5.74) is 0.795. The van der Waals surface area contributed by atoms with Crippen LogP contribution < -0.4 is 9.28 Å². The monoisotopic (exact) mass is 474 g/mol. The van der Waals surface area contributed by atoms with E-state index in [1.807, 2.05) is 19.9 Å². The second kappa shape index (κ2) is 11.9. The first-order valence-corrected chi connectivity index (χ1v) is 15.4. The molecule has 4 heteroatoms. The van der Waals surface area contributed by atoms with Crippen molar-refractivity contribution in [3.05, 3.63) is 12.1 Å². The van der Waals surface area contributed by atoms with Crippen molar-refractivity contribution in [1.82, 2.24) is 0 Å². The Kier molecular flexibility index (Phi) is 11.1. The molecule has 0 aliphatic rings. The van der Waals surface area contributed by atoms with Crippen LogP contribution in [0, 0.1) is 0 Å². The van der Waals surface area contributed by atoms with Crippen LogP contribution in [0.3, 0.4) is 0 Å². The topological polar surface area (TPSA) is 30.2 Å². The van der Waals surface area contributed by atoms with Crippen LogP contribution >= 0.6 is 7.14 Å². The molecule has 1 heterocycles. The van der Waals surface area contributed by atoms with E-state index in [2.05, 4.69) is 26.8 Å². The van der Waals surface area contributed by atoms with Crippen LogP contribution in [0.15, 0.2) is 16.5 Å². The molecular formula is C21H39O2PSn. The molecule has 0 bridgehead atoms. The van der Waals surface area contributed by atoms with Gasteiger partial charge in [0.1, 0.15) is 0 Å². The van der Waals surface area contributed by atoms with Gasteiger partial charge in [-0.05, 0) is 0 Å². The maximum atomic E-state index is 13.0. The fourth-order valence-electron chi connectivity index (χ4n) is 3.52. The average Bonchev–Trinajstić information content (AvgIpc) is 3.11. The summed E-state index contributed by atoms with van der Waals surface area (Å²) >= 11 is -0.846. The first kappa shape index (κ1) is 23.3.